The average Bonchev–Trinajstić information content (AvgIpc) is 3.79. The van der Waals surface area contributed by atoms with Crippen molar-refractivity contribution in [3.05, 3.63) is 70.3 Å². The van der Waals surface area contributed by atoms with Crippen molar-refractivity contribution in [1.29, 1.82) is 0 Å². The summed E-state index contributed by atoms with van der Waals surface area (Å²) in [7, 11) is -3.85. The van der Waals surface area contributed by atoms with Crippen molar-refractivity contribution in [3.63, 3.8) is 0 Å². The van der Waals surface area contributed by atoms with Gasteiger partial charge in [0.15, 0.2) is 0 Å². The van der Waals surface area contributed by atoms with Crippen LogP contribution in [0, 0.1) is 23.7 Å². The molecule has 2 saturated carbocycles. The second-order valence-corrected chi connectivity index (χ2v) is 16.0. The molecule has 2 bridgehead atoms. The molecule has 2 aromatic rings. The minimum atomic E-state index is -3.85. The highest BCUT2D eigenvalue weighted by Gasteiger charge is 2.44. The number of nitrogens with one attached hydrogen (secondary N) is 1. The number of hydrogen-bond acceptors (Lipinski definition) is 5. The lowest BCUT2D eigenvalue weighted by atomic mass is 9.69. The van der Waals surface area contributed by atoms with Crippen molar-refractivity contribution >= 4 is 33.2 Å². The maximum absolute atomic E-state index is 13.6. The Hall–Kier alpha value is -2.51. The van der Waals surface area contributed by atoms with Crippen LogP contribution in [0.5, 0.6) is 5.75 Å². The maximum Gasteiger partial charge on any atom is 0.264 e. The molecule has 2 fully saturated rings. The molecule has 5 aliphatic rings. The second-order valence-electron chi connectivity index (χ2n) is 13.6. The van der Waals surface area contributed by atoms with Gasteiger partial charge in [0.2, 0.25) is 10.0 Å². The van der Waals surface area contributed by atoms with Gasteiger partial charge < -0.3 is 9.64 Å². The number of anilines is 1. The Bertz CT molecular complexity index is 1520. The minimum absolute atomic E-state index is 0.0658. The maximum atomic E-state index is 13.6. The third-order valence-electron chi connectivity index (χ3n) is 10.7. The molecule has 1 spiro atoms. The third-order valence-corrected chi connectivity index (χ3v) is 12.8. The van der Waals surface area contributed by atoms with Crippen molar-refractivity contribution in [3.8, 4) is 5.75 Å². The van der Waals surface area contributed by atoms with Crippen molar-refractivity contribution < 1.29 is 17.9 Å². The van der Waals surface area contributed by atoms with E-state index in [4.69, 9.17) is 16.3 Å². The van der Waals surface area contributed by atoms with Gasteiger partial charge in [0, 0.05) is 29.1 Å². The van der Waals surface area contributed by atoms with Crippen LogP contribution >= 0.6 is 11.6 Å². The molecule has 3 aliphatic carbocycles. The van der Waals surface area contributed by atoms with Crippen LogP contribution in [0.25, 0.3) is 0 Å². The van der Waals surface area contributed by atoms with Gasteiger partial charge in [-0.3, -0.25) is 4.79 Å². The summed E-state index contributed by atoms with van der Waals surface area (Å²) >= 11 is 6.40. The highest BCUT2D eigenvalue weighted by atomic mass is 35.5. The number of fused-ring (bicyclic) bond motifs is 4. The molecule has 1 amide bonds. The van der Waals surface area contributed by atoms with Crippen LogP contribution in [0.2, 0.25) is 5.02 Å². The topological polar surface area (TPSA) is 75.7 Å². The van der Waals surface area contributed by atoms with E-state index >= 15 is 0 Å². The van der Waals surface area contributed by atoms with Gasteiger partial charge in [-0.25, -0.2) is 13.1 Å². The van der Waals surface area contributed by atoms with Crippen molar-refractivity contribution in [2.45, 2.75) is 75.4 Å². The predicted octanol–water partition coefficient (Wildman–Crippen LogP) is 6.66. The van der Waals surface area contributed by atoms with Crippen LogP contribution < -0.4 is 14.4 Å². The van der Waals surface area contributed by atoms with Crippen LogP contribution in [0.1, 0.15) is 79.8 Å². The van der Waals surface area contributed by atoms with Crippen molar-refractivity contribution in [2.24, 2.45) is 23.7 Å². The number of ether oxygens (including phenoxy) is 1. The van der Waals surface area contributed by atoms with Gasteiger partial charge in [-0.15, -0.1) is 0 Å². The molecule has 224 valence electrons. The van der Waals surface area contributed by atoms with E-state index in [1.54, 1.807) is 6.07 Å². The Kier molecular flexibility index (Phi) is 7.33. The molecule has 2 aromatic carbocycles. The predicted molar refractivity (Wildman–Crippen MR) is 167 cm³/mol. The highest BCUT2D eigenvalue weighted by molar-refractivity contribution is 7.90. The van der Waals surface area contributed by atoms with Crippen LogP contribution in [0.3, 0.4) is 0 Å². The van der Waals surface area contributed by atoms with E-state index in [0.717, 1.165) is 74.5 Å². The van der Waals surface area contributed by atoms with Gasteiger partial charge in [-0.2, -0.15) is 0 Å². The Morgan fingerprint density at radius 3 is 2.76 bits per heavy atom. The first-order chi connectivity index (χ1) is 20.2. The molecule has 42 heavy (non-hydrogen) atoms. The second kappa shape index (κ2) is 10.9. The molecule has 2 heterocycles. The fraction of sp³-hybridized carbons (Fsp3) is 0.559. The Morgan fingerprint density at radius 1 is 1.12 bits per heavy atom. The molecule has 7 rings (SSSR count). The number of carbonyl (C=O) groups is 1. The summed E-state index contributed by atoms with van der Waals surface area (Å²) in [5.41, 5.74) is 3.66. The molecule has 0 aromatic heterocycles. The van der Waals surface area contributed by atoms with Crippen LogP contribution in [0.15, 0.2) is 48.6 Å². The molecule has 3 unspecified atom stereocenters. The average molecular weight is 609 g/mol. The largest absolute Gasteiger partial charge is 0.490 e. The number of allylic oxidation sites excluding steroid dienone is 2. The Balaban J connectivity index is 1.28. The number of carbonyl (C=O) groups excluding carboxylic acids is 1. The zero-order chi connectivity index (χ0) is 29.1. The summed E-state index contributed by atoms with van der Waals surface area (Å²) in [5, 5.41) is 0.183. The molecule has 0 saturated heterocycles. The normalized spacial score (nSPS) is 33.0. The number of amides is 1. The van der Waals surface area contributed by atoms with Gasteiger partial charge in [0.25, 0.3) is 5.91 Å². The lowest BCUT2D eigenvalue weighted by molar-refractivity contribution is 0.0980. The third kappa shape index (κ3) is 5.36. The summed E-state index contributed by atoms with van der Waals surface area (Å²) < 4.78 is 36.3. The SMILES string of the molecule is CC1C/C=C\C2CCC2CN2C[C@@]3(CCCc4cc(Cl)ccc43)COc3ccc(cc32)C(=O)NS(=O)(=O)[C@H]1CC1CC1. The van der Waals surface area contributed by atoms with Gasteiger partial charge in [0.05, 0.1) is 17.5 Å². The van der Waals surface area contributed by atoms with E-state index in [1.807, 2.05) is 25.1 Å². The van der Waals surface area contributed by atoms with E-state index in [9.17, 15) is 13.2 Å². The van der Waals surface area contributed by atoms with E-state index < -0.39 is 21.2 Å². The summed E-state index contributed by atoms with van der Waals surface area (Å²) in [4.78, 5) is 16.0. The van der Waals surface area contributed by atoms with Crippen LogP contribution in [-0.4, -0.2) is 39.3 Å². The number of rotatable bonds is 2. The first-order valence-corrected chi connectivity index (χ1v) is 17.7. The number of hydrogen-bond donors (Lipinski definition) is 1. The molecular formula is C34H41ClN2O4S. The molecule has 8 heteroatoms. The molecule has 1 N–H and O–H groups in total. The fourth-order valence-corrected chi connectivity index (χ4v) is 9.81. The van der Waals surface area contributed by atoms with Gasteiger partial charge in [-0.05, 0) is 110 Å². The number of aryl methyl sites for hydroxylation is 1. The van der Waals surface area contributed by atoms with E-state index in [1.165, 1.54) is 11.1 Å². The van der Waals surface area contributed by atoms with E-state index in [-0.39, 0.29) is 11.3 Å². The summed E-state index contributed by atoms with van der Waals surface area (Å²) in [6.45, 7) is 4.23. The zero-order valence-corrected chi connectivity index (χ0v) is 25.9. The van der Waals surface area contributed by atoms with Crippen molar-refractivity contribution in [2.75, 3.05) is 24.6 Å². The minimum Gasteiger partial charge on any atom is -0.490 e. The summed E-state index contributed by atoms with van der Waals surface area (Å²) in [5.74, 6) is 1.55. The quantitative estimate of drug-likeness (QED) is 0.386. The Labute approximate surface area is 254 Å². The van der Waals surface area contributed by atoms with Crippen LogP contribution in [-0.2, 0) is 21.9 Å². The van der Waals surface area contributed by atoms with E-state index in [0.29, 0.717) is 42.8 Å². The van der Waals surface area contributed by atoms with Gasteiger partial charge >= 0.3 is 0 Å². The van der Waals surface area contributed by atoms with Crippen molar-refractivity contribution in [1.82, 2.24) is 4.72 Å². The fourth-order valence-electron chi connectivity index (χ4n) is 7.84. The number of nitrogens with zero attached hydrogens (tertiary/aromatic N) is 1. The standard InChI is InChI=1S/C34H41ClN2O4S/c1-22-4-2-5-24-9-10-27(24)19-37-20-34(15-3-6-25-17-28(35)12-13-29(25)34)21-41-31-14-11-26(18-30(31)37)33(38)36-42(39,40)32(22)16-23-7-8-23/h2,5,11-14,17-18,22-24,27,32H,3-4,6-10,15-16,19-21H2,1H3,(H,36,38)/b5-2-/t22?,24?,27?,32-,34-/m0/s1. The summed E-state index contributed by atoms with van der Waals surface area (Å²) in [6, 6.07) is 11.7. The Morgan fingerprint density at radius 2 is 1.98 bits per heavy atom. The number of sulfonamides is 1. The molecular weight excluding hydrogens is 568 g/mol. The molecule has 5 atom stereocenters. The lowest BCUT2D eigenvalue weighted by Gasteiger charge is -2.44. The monoisotopic (exact) mass is 608 g/mol. The lowest BCUT2D eigenvalue weighted by Crippen LogP contribution is -2.48. The summed E-state index contributed by atoms with van der Waals surface area (Å²) in [6.07, 6.45) is 13.4. The first kappa shape index (κ1) is 28.3. The zero-order valence-electron chi connectivity index (χ0n) is 24.4. The first-order valence-electron chi connectivity index (χ1n) is 15.7. The molecule has 6 nitrogen and oxygen atoms in total. The van der Waals surface area contributed by atoms with Gasteiger partial charge in [0.1, 0.15) is 5.75 Å². The number of benzene rings is 2. The molecule has 2 aliphatic heterocycles. The van der Waals surface area contributed by atoms with Crippen LogP contribution in [0.4, 0.5) is 5.69 Å². The van der Waals surface area contributed by atoms with E-state index in [2.05, 4.69) is 33.9 Å². The van der Waals surface area contributed by atoms with Gasteiger partial charge in [-0.1, -0.05) is 49.6 Å². The number of halogens is 1. The highest BCUT2D eigenvalue weighted by Crippen LogP contribution is 2.46. The smallest absolute Gasteiger partial charge is 0.264 e. The molecule has 0 radical (unpaired) electrons.